The molecule has 0 radical (unpaired) electrons. The molecule has 0 unspecified atom stereocenters. The largest absolute Gasteiger partial charge is 0.392 e. The maximum Gasteiger partial charge on any atom is 0.250 e. The molecule has 27 heavy (non-hydrogen) atoms. The van der Waals surface area contributed by atoms with Crippen molar-refractivity contribution in [3.63, 3.8) is 0 Å². The maximum absolute atomic E-state index is 13.5. The van der Waals surface area contributed by atoms with Gasteiger partial charge in [-0.3, -0.25) is 24.6 Å². The number of hydrogen-bond acceptors (Lipinski definition) is 5. The molecule has 7 nitrogen and oxygen atoms in total. The summed E-state index contributed by atoms with van der Waals surface area (Å²) in [5.74, 6) is -2.40. The molecule has 1 aromatic rings. The molecule has 3 fully saturated rings. The van der Waals surface area contributed by atoms with Crippen LogP contribution in [0.25, 0.3) is 0 Å². The number of rotatable bonds is 2. The topological polar surface area (TPSA) is 98.7 Å². The van der Waals surface area contributed by atoms with E-state index in [1.807, 2.05) is 18.2 Å². The second-order valence-corrected chi connectivity index (χ2v) is 8.21. The lowest BCUT2D eigenvalue weighted by Crippen LogP contribution is -2.55. The molecular formula is C20H23N3O4. The van der Waals surface area contributed by atoms with E-state index in [-0.39, 0.29) is 23.8 Å². The van der Waals surface area contributed by atoms with E-state index in [1.165, 1.54) is 4.90 Å². The van der Waals surface area contributed by atoms with E-state index in [4.69, 9.17) is 0 Å². The molecule has 1 saturated carbocycles. The van der Waals surface area contributed by atoms with Gasteiger partial charge in [0, 0.05) is 23.3 Å². The van der Waals surface area contributed by atoms with E-state index in [0.717, 1.165) is 25.7 Å². The summed E-state index contributed by atoms with van der Waals surface area (Å²) in [6.45, 7) is 1.60. The zero-order chi connectivity index (χ0) is 18.9. The minimum absolute atomic E-state index is 0.0815. The number of likely N-dealkylation sites (tertiary alicyclic amines) is 1. The molecule has 1 spiro atoms. The fraction of sp³-hybridized carbons (Fsp3) is 0.550. The summed E-state index contributed by atoms with van der Waals surface area (Å²) in [6, 6.07) is 6.53. The monoisotopic (exact) mass is 369 g/mol. The number of fused-ring (bicyclic) bond motifs is 4. The minimum atomic E-state index is -1.30. The highest BCUT2D eigenvalue weighted by Gasteiger charge is 2.71. The molecule has 2 saturated heterocycles. The van der Waals surface area contributed by atoms with E-state index in [1.54, 1.807) is 13.0 Å². The Kier molecular flexibility index (Phi) is 3.52. The number of anilines is 1. The zero-order valence-electron chi connectivity index (χ0n) is 15.1. The number of benzene rings is 1. The highest BCUT2D eigenvalue weighted by Crippen LogP contribution is 2.54. The van der Waals surface area contributed by atoms with E-state index < -0.39 is 29.5 Å². The minimum Gasteiger partial charge on any atom is -0.392 e. The van der Waals surface area contributed by atoms with Crippen molar-refractivity contribution in [2.75, 3.05) is 5.32 Å². The first-order valence-electron chi connectivity index (χ1n) is 9.70. The molecule has 5 atom stereocenters. The van der Waals surface area contributed by atoms with Crippen LogP contribution in [-0.2, 0) is 19.9 Å². The molecule has 1 aliphatic carbocycles. The molecule has 1 aromatic carbocycles. The highest BCUT2D eigenvalue weighted by molar-refractivity contribution is 6.15. The number of aliphatic hydroxyl groups excluding tert-OH is 1. The summed E-state index contributed by atoms with van der Waals surface area (Å²) in [6.07, 6.45) is 2.78. The predicted molar refractivity (Wildman–Crippen MR) is 96.4 cm³/mol. The van der Waals surface area contributed by atoms with E-state index in [0.29, 0.717) is 11.3 Å². The smallest absolute Gasteiger partial charge is 0.250 e. The number of nitrogens with one attached hydrogen (secondary N) is 2. The molecule has 0 bridgehead atoms. The summed E-state index contributed by atoms with van der Waals surface area (Å²) in [7, 11) is 0. The third-order valence-electron chi connectivity index (χ3n) is 6.80. The lowest BCUT2D eigenvalue weighted by atomic mass is 9.76. The molecule has 3 amide bonds. The van der Waals surface area contributed by atoms with Crippen LogP contribution in [0.4, 0.5) is 5.69 Å². The first kappa shape index (κ1) is 16.9. The average molecular weight is 369 g/mol. The Morgan fingerprint density at radius 1 is 1.15 bits per heavy atom. The van der Waals surface area contributed by atoms with Gasteiger partial charge in [0.15, 0.2) is 0 Å². The second-order valence-electron chi connectivity index (χ2n) is 8.21. The predicted octanol–water partition coefficient (Wildman–Crippen LogP) is 0.730. The van der Waals surface area contributed by atoms with Crippen LogP contribution < -0.4 is 10.6 Å². The van der Waals surface area contributed by atoms with Crippen molar-refractivity contribution in [3.8, 4) is 0 Å². The Labute approximate surface area is 157 Å². The van der Waals surface area contributed by atoms with Crippen LogP contribution in [0.1, 0.15) is 38.2 Å². The Morgan fingerprint density at radius 3 is 2.56 bits per heavy atom. The fourth-order valence-electron chi connectivity index (χ4n) is 5.65. The number of para-hydroxylation sites is 1. The Balaban J connectivity index is 1.66. The molecule has 0 aromatic heterocycles. The summed E-state index contributed by atoms with van der Waals surface area (Å²) in [4.78, 5) is 41.3. The molecule has 4 aliphatic rings. The Hall–Kier alpha value is -2.25. The van der Waals surface area contributed by atoms with Gasteiger partial charge in [-0.2, -0.15) is 0 Å². The van der Waals surface area contributed by atoms with E-state index >= 15 is 0 Å². The fourth-order valence-corrected chi connectivity index (χ4v) is 5.65. The number of imide groups is 1. The van der Waals surface area contributed by atoms with Gasteiger partial charge in [-0.25, -0.2) is 0 Å². The highest BCUT2D eigenvalue weighted by atomic mass is 16.3. The lowest BCUT2D eigenvalue weighted by Gasteiger charge is -2.31. The van der Waals surface area contributed by atoms with Crippen LogP contribution in [0.5, 0.6) is 0 Å². The lowest BCUT2D eigenvalue weighted by molar-refractivity contribution is -0.145. The Morgan fingerprint density at radius 2 is 1.85 bits per heavy atom. The molecule has 142 valence electrons. The molecule has 3 N–H and O–H groups in total. The van der Waals surface area contributed by atoms with Gasteiger partial charge >= 0.3 is 0 Å². The first-order valence-corrected chi connectivity index (χ1v) is 9.70. The molecule has 5 rings (SSSR count). The van der Waals surface area contributed by atoms with Gasteiger partial charge in [-0.05, 0) is 25.8 Å². The van der Waals surface area contributed by atoms with Crippen molar-refractivity contribution < 1.29 is 19.5 Å². The van der Waals surface area contributed by atoms with Crippen molar-refractivity contribution in [2.45, 2.75) is 56.3 Å². The van der Waals surface area contributed by atoms with E-state index in [2.05, 4.69) is 10.6 Å². The summed E-state index contributed by atoms with van der Waals surface area (Å²) < 4.78 is 0. The number of hydrogen-bond donors (Lipinski definition) is 3. The number of amides is 3. The molecular weight excluding hydrogens is 346 g/mol. The number of nitrogens with zero attached hydrogens (tertiary/aromatic N) is 1. The maximum atomic E-state index is 13.5. The normalized spacial score (nSPS) is 36.4. The van der Waals surface area contributed by atoms with Crippen LogP contribution in [0, 0.1) is 11.8 Å². The van der Waals surface area contributed by atoms with Crippen LogP contribution in [0.2, 0.25) is 0 Å². The second kappa shape index (κ2) is 5.62. The van der Waals surface area contributed by atoms with E-state index in [9.17, 15) is 19.5 Å². The van der Waals surface area contributed by atoms with Crippen molar-refractivity contribution in [2.24, 2.45) is 11.8 Å². The van der Waals surface area contributed by atoms with Crippen molar-refractivity contribution in [1.29, 1.82) is 0 Å². The Bertz CT molecular complexity index is 847. The van der Waals surface area contributed by atoms with Gasteiger partial charge in [0.25, 0.3) is 0 Å². The number of aliphatic hydroxyl groups is 1. The SMILES string of the molecule is C[C@@H](O)[C@@H]1N[C@]2(C(=O)Nc3ccccc32)[C@@H]2C(=O)N(C3CCCC3)C(=O)[C@H]12. The van der Waals surface area contributed by atoms with Crippen molar-refractivity contribution in [3.05, 3.63) is 29.8 Å². The third kappa shape index (κ3) is 2.01. The number of carbonyl (C=O) groups is 3. The van der Waals surface area contributed by atoms with Crippen molar-refractivity contribution in [1.82, 2.24) is 10.2 Å². The third-order valence-corrected chi connectivity index (χ3v) is 6.80. The zero-order valence-corrected chi connectivity index (χ0v) is 15.1. The van der Waals surface area contributed by atoms with Crippen LogP contribution in [0.15, 0.2) is 24.3 Å². The standard InChI is InChI=1S/C20H23N3O4/c1-10(24)16-14-15(18(26)23(17(14)25)11-6-2-3-7-11)20(22-16)12-8-4-5-9-13(12)21-19(20)27/h4-5,8-11,14-16,22,24H,2-3,6-7H2,1H3,(H,21,27)/t10-,14+,15+,16+,20+/m1/s1. The van der Waals surface area contributed by atoms with Gasteiger partial charge in [-0.15, -0.1) is 0 Å². The van der Waals surface area contributed by atoms with Gasteiger partial charge < -0.3 is 10.4 Å². The van der Waals surface area contributed by atoms with Gasteiger partial charge in [0.2, 0.25) is 17.7 Å². The summed E-state index contributed by atoms with van der Waals surface area (Å²) >= 11 is 0. The first-order chi connectivity index (χ1) is 13.0. The van der Waals surface area contributed by atoms with Crippen molar-refractivity contribution >= 4 is 23.4 Å². The van der Waals surface area contributed by atoms with Crippen LogP contribution in [-0.4, -0.2) is 45.9 Å². The quantitative estimate of drug-likeness (QED) is 0.668. The number of carbonyl (C=O) groups excluding carboxylic acids is 3. The summed E-state index contributed by atoms with van der Waals surface area (Å²) in [5, 5.41) is 16.4. The van der Waals surface area contributed by atoms with Crippen LogP contribution in [0.3, 0.4) is 0 Å². The molecule has 3 aliphatic heterocycles. The molecule has 3 heterocycles. The molecule has 7 heteroatoms. The van der Waals surface area contributed by atoms with Crippen LogP contribution >= 0.6 is 0 Å². The van der Waals surface area contributed by atoms with Gasteiger partial charge in [0.05, 0.1) is 17.9 Å². The van der Waals surface area contributed by atoms with Gasteiger partial charge in [-0.1, -0.05) is 31.0 Å². The van der Waals surface area contributed by atoms with Gasteiger partial charge in [0.1, 0.15) is 5.54 Å². The summed E-state index contributed by atoms with van der Waals surface area (Å²) in [5.41, 5.74) is 0.0327. The average Bonchev–Trinajstić information content (AvgIpc) is 3.37.